The molecule has 6 heteroatoms. The fraction of sp³-hybridized carbons (Fsp3) is 0.214. The van der Waals surface area contributed by atoms with Crippen molar-refractivity contribution in [3.63, 3.8) is 0 Å². The van der Waals surface area contributed by atoms with Crippen LogP contribution in [0.4, 0.5) is 5.69 Å². The van der Waals surface area contributed by atoms with E-state index in [9.17, 15) is 4.79 Å². The van der Waals surface area contributed by atoms with Crippen molar-refractivity contribution in [1.29, 1.82) is 0 Å². The van der Waals surface area contributed by atoms with Gasteiger partial charge in [-0.25, -0.2) is 4.79 Å². The molecule has 2 rings (SSSR count). The van der Waals surface area contributed by atoms with Gasteiger partial charge in [-0.05, 0) is 37.3 Å². The smallest absolute Gasteiger partial charge is 0.335 e. The van der Waals surface area contributed by atoms with Crippen LogP contribution in [-0.2, 0) is 0 Å². The molecule has 0 saturated carbocycles. The van der Waals surface area contributed by atoms with Crippen molar-refractivity contribution in [2.75, 3.05) is 12.4 Å². The summed E-state index contributed by atoms with van der Waals surface area (Å²) in [5.74, 6) is -0.368. The zero-order chi connectivity index (χ0) is 14.7. The molecule has 0 radical (unpaired) electrons. The molecule has 0 spiro atoms. The summed E-state index contributed by atoms with van der Waals surface area (Å²) in [4.78, 5) is 12.1. The van der Waals surface area contributed by atoms with Crippen molar-refractivity contribution in [3.8, 4) is 5.75 Å². The maximum atomic E-state index is 11.0. The normalized spacial score (nSPS) is 11.9. The van der Waals surface area contributed by atoms with Crippen molar-refractivity contribution in [1.82, 2.24) is 0 Å². The predicted molar refractivity (Wildman–Crippen MR) is 81.3 cm³/mol. The number of methoxy groups -OCH3 is 1. The van der Waals surface area contributed by atoms with E-state index in [-0.39, 0.29) is 11.6 Å². The second kappa shape index (κ2) is 6.15. The predicted octanol–water partition coefficient (Wildman–Crippen LogP) is 4.28. The Balaban J connectivity index is 2.27. The Morgan fingerprint density at radius 2 is 2.15 bits per heavy atom. The van der Waals surface area contributed by atoms with Gasteiger partial charge in [0.15, 0.2) is 0 Å². The Hall–Kier alpha value is -1.72. The zero-order valence-electron chi connectivity index (χ0n) is 11.0. The molecule has 1 aromatic carbocycles. The maximum absolute atomic E-state index is 11.0. The molecule has 20 heavy (non-hydrogen) atoms. The van der Waals surface area contributed by atoms with Crippen LogP contribution in [0.5, 0.6) is 5.75 Å². The van der Waals surface area contributed by atoms with Gasteiger partial charge in [0, 0.05) is 4.88 Å². The molecule has 0 aliphatic carbocycles. The highest BCUT2D eigenvalue weighted by Gasteiger charge is 2.13. The van der Waals surface area contributed by atoms with Gasteiger partial charge in [0.25, 0.3) is 0 Å². The summed E-state index contributed by atoms with van der Waals surface area (Å²) in [5.41, 5.74) is 0.856. The van der Waals surface area contributed by atoms with Crippen molar-refractivity contribution in [2.24, 2.45) is 0 Å². The van der Waals surface area contributed by atoms with Gasteiger partial charge < -0.3 is 15.2 Å². The lowest BCUT2D eigenvalue weighted by Crippen LogP contribution is -2.07. The van der Waals surface area contributed by atoms with E-state index in [0.717, 1.165) is 9.21 Å². The first-order chi connectivity index (χ1) is 9.51. The van der Waals surface area contributed by atoms with E-state index in [2.05, 4.69) is 5.32 Å². The topological polar surface area (TPSA) is 58.6 Å². The molecule has 1 unspecified atom stereocenters. The van der Waals surface area contributed by atoms with Crippen LogP contribution in [0.1, 0.15) is 28.2 Å². The van der Waals surface area contributed by atoms with Gasteiger partial charge in [-0.15, -0.1) is 11.3 Å². The number of hydrogen-bond acceptors (Lipinski definition) is 4. The molecule has 106 valence electrons. The largest absolute Gasteiger partial charge is 0.495 e. The minimum Gasteiger partial charge on any atom is -0.495 e. The van der Waals surface area contributed by atoms with Gasteiger partial charge in [0.1, 0.15) is 5.75 Å². The summed E-state index contributed by atoms with van der Waals surface area (Å²) in [6.45, 7) is 1.98. The van der Waals surface area contributed by atoms with Gasteiger partial charge in [-0.3, -0.25) is 0 Å². The summed E-state index contributed by atoms with van der Waals surface area (Å²) in [6.07, 6.45) is 0. The van der Waals surface area contributed by atoms with Crippen molar-refractivity contribution in [2.45, 2.75) is 13.0 Å². The summed E-state index contributed by atoms with van der Waals surface area (Å²) < 4.78 is 5.97. The highest BCUT2D eigenvalue weighted by molar-refractivity contribution is 7.16. The van der Waals surface area contributed by atoms with E-state index >= 15 is 0 Å². The van der Waals surface area contributed by atoms with Gasteiger partial charge in [0.05, 0.1) is 28.7 Å². The lowest BCUT2D eigenvalue weighted by Gasteiger charge is -2.17. The van der Waals surface area contributed by atoms with Gasteiger partial charge in [-0.1, -0.05) is 11.6 Å². The van der Waals surface area contributed by atoms with Crippen molar-refractivity contribution < 1.29 is 14.6 Å². The molecule has 1 heterocycles. The number of benzene rings is 1. The maximum Gasteiger partial charge on any atom is 0.335 e. The number of carbonyl (C=O) groups is 1. The van der Waals surface area contributed by atoms with E-state index in [4.69, 9.17) is 21.4 Å². The minimum absolute atomic E-state index is 0.00504. The first-order valence-electron chi connectivity index (χ1n) is 5.94. The highest BCUT2D eigenvalue weighted by Crippen LogP contribution is 2.32. The Kier molecular flexibility index (Phi) is 4.52. The molecule has 1 aromatic heterocycles. The second-order valence-electron chi connectivity index (χ2n) is 4.23. The number of carboxylic acid groups (broad SMARTS) is 1. The fourth-order valence-electron chi connectivity index (χ4n) is 1.82. The molecule has 0 bridgehead atoms. The summed E-state index contributed by atoms with van der Waals surface area (Å²) >= 11 is 7.41. The lowest BCUT2D eigenvalue weighted by atomic mass is 10.1. The average Bonchev–Trinajstić information content (AvgIpc) is 2.85. The molecule has 1 atom stereocenters. The van der Waals surface area contributed by atoms with Crippen LogP contribution >= 0.6 is 22.9 Å². The third-order valence-electron chi connectivity index (χ3n) is 2.84. The van der Waals surface area contributed by atoms with Crippen LogP contribution in [0, 0.1) is 0 Å². The summed E-state index contributed by atoms with van der Waals surface area (Å²) in [7, 11) is 1.55. The Morgan fingerprint density at radius 1 is 1.40 bits per heavy atom. The number of hydrogen-bond donors (Lipinski definition) is 2. The molecule has 0 fully saturated rings. The second-order valence-corrected chi connectivity index (χ2v) is 5.97. The standard InChI is InChI=1S/C14H14ClNO3S/c1-8(12-5-6-13(15)20-12)16-10-7-9(14(17)18)3-4-11(10)19-2/h3-8,16H,1-2H3,(H,17,18). The fourth-order valence-corrected chi connectivity index (χ4v) is 2.88. The van der Waals surface area contributed by atoms with E-state index in [0.29, 0.717) is 11.4 Å². The Bertz CT molecular complexity index is 627. The first kappa shape index (κ1) is 14.7. The number of carboxylic acids is 1. The van der Waals surface area contributed by atoms with Crippen LogP contribution in [0.3, 0.4) is 0 Å². The third-order valence-corrected chi connectivity index (χ3v) is 4.25. The number of ether oxygens (including phenoxy) is 1. The number of rotatable bonds is 5. The number of nitrogens with one attached hydrogen (secondary N) is 1. The average molecular weight is 312 g/mol. The van der Waals surface area contributed by atoms with Crippen molar-refractivity contribution >= 4 is 34.6 Å². The summed E-state index contributed by atoms with van der Waals surface area (Å²) in [6, 6.07) is 8.50. The minimum atomic E-state index is -0.970. The Labute approximate surface area is 126 Å². The summed E-state index contributed by atoms with van der Waals surface area (Å²) in [5, 5.41) is 12.3. The third kappa shape index (κ3) is 3.23. The molecule has 0 aliphatic rings. The van der Waals surface area contributed by atoms with E-state index in [1.54, 1.807) is 19.2 Å². The SMILES string of the molecule is COc1ccc(C(=O)O)cc1NC(C)c1ccc(Cl)s1. The molecule has 2 N–H and O–H groups in total. The van der Waals surface area contributed by atoms with Crippen LogP contribution in [-0.4, -0.2) is 18.2 Å². The van der Waals surface area contributed by atoms with Gasteiger partial charge >= 0.3 is 5.97 Å². The van der Waals surface area contributed by atoms with Crippen LogP contribution in [0.25, 0.3) is 0 Å². The molecule has 2 aromatic rings. The Morgan fingerprint density at radius 3 is 2.70 bits per heavy atom. The van der Waals surface area contributed by atoms with E-state index in [1.807, 2.05) is 19.1 Å². The zero-order valence-corrected chi connectivity index (χ0v) is 12.6. The number of anilines is 1. The van der Waals surface area contributed by atoms with Crippen LogP contribution in [0.15, 0.2) is 30.3 Å². The van der Waals surface area contributed by atoms with Crippen molar-refractivity contribution in [3.05, 3.63) is 45.1 Å². The molecule has 0 amide bonds. The molecule has 4 nitrogen and oxygen atoms in total. The van der Waals surface area contributed by atoms with E-state index in [1.165, 1.54) is 17.4 Å². The highest BCUT2D eigenvalue weighted by atomic mass is 35.5. The van der Waals surface area contributed by atoms with E-state index < -0.39 is 5.97 Å². The quantitative estimate of drug-likeness (QED) is 0.865. The number of aromatic carboxylic acids is 1. The molecular weight excluding hydrogens is 298 g/mol. The van der Waals surface area contributed by atoms with Crippen LogP contribution < -0.4 is 10.1 Å². The number of thiophene rings is 1. The lowest BCUT2D eigenvalue weighted by molar-refractivity contribution is 0.0697. The van der Waals surface area contributed by atoms with Gasteiger partial charge in [0.2, 0.25) is 0 Å². The van der Waals surface area contributed by atoms with Gasteiger partial charge in [-0.2, -0.15) is 0 Å². The molecule has 0 saturated heterocycles. The monoisotopic (exact) mass is 311 g/mol. The molecular formula is C14H14ClNO3S. The van der Waals surface area contributed by atoms with Crippen LogP contribution in [0.2, 0.25) is 4.34 Å². The number of halogens is 1. The first-order valence-corrected chi connectivity index (χ1v) is 7.14. The molecule has 0 aliphatic heterocycles.